The third kappa shape index (κ3) is 5.61. The van der Waals surface area contributed by atoms with E-state index in [1.54, 1.807) is 12.1 Å². The standard InChI is InChI=1S/C15H22O7/c1-5-19-14(17-3)21-12-8-7-11(10-16)9-13(12)22-15(18-4)20-6-2/h7-10,14-15H,5-6H2,1-4H3. The first-order valence-corrected chi connectivity index (χ1v) is 6.89. The summed E-state index contributed by atoms with van der Waals surface area (Å²) in [6, 6.07) is 4.70. The van der Waals surface area contributed by atoms with Gasteiger partial charge in [-0.2, -0.15) is 0 Å². The van der Waals surface area contributed by atoms with Crippen LogP contribution in [0.25, 0.3) is 0 Å². The van der Waals surface area contributed by atoms with Crippen molar-refractivity contribution >= 4 is 6.29 Å². The van der Waals surface area contributed by atoms with E-state index in [0.717, 1.165) is 0 Å². The van der Waals surface area contributed by atoms with E-state index in [1.165, 1.54) is 20.3 Å². The van der Waals surface area contributed by atoms with E-state index in [4.69, 9.17) is 28.4 Å². The molecule has 1 aromatic carbocycles. The van der Waals surface area contributed by atoms with Crippen LogP contribution in [0.3, 0.4) is 0 Å². The van der Waals surface area contributed by atoms with Crippen LogP contribution in [0.5, 0.6) is 11.5 Å². The second-order valence-corrected chi connectivity index (χ2v) is 4.02. The molecule has 0 amide bonds. The first-order chi connectivity index (χ1) is 10.7. The van der Waals surface area contributed by atoms with E-state index in [1.807, 2.05) is 13.8 Å². The Hall–Kier alpha value is -1.67. The van der Waals surface area contributed by atoms with Gasteiger partial charge in [-0.1, -0.05) is 0 Å². The average Bonchev–Trinajstić information content (AvgIpc) is 2.55. The Kier molecular flexibility index (Phi) is 8.46. The summed E-state index contributed by atoms with van der Waals surface area (Å²) in [5.41, 5.74) is 0.430. The summed E-state index contributed by atoms with van der Waals surface area (Å²) >= 11 is 0. The highest BCUT2D eigenvalue weighted by atomic mass is 16.9. The van der Waals surface area contributed by atoms with Crippen molar-refractivity contribution in [3.8, 4) is 11.5 Å². The predicted octanol–water partition coefficient (Wildman–Crippen LogP) is 2.19. The van der Waals surface area contributed by atoms with E-state index in [0.29, 0.717) is 30.8 Å². The minimum Gasteiger partial charge on any atom is -0.437 e. The fourth-order valence-corrected chi connectivity index (χ4v) is 1.57. The SMILES string of the molecule is CCOC(OC)Oc1ccc(C=O)cc1OC(OC)OCC. The zero-order chi connectivity index (χ0) is 16.4. The van der Waals surface area contributed by atoms with Gasteiger partial charge in [-0.15, -0.1) is 0 Å². The first-order valence-electron chi connectivity index (χ1n) is 6.89. The van der Waals surface area contributed by atoms with Crippen molar-refractivity contribution in [2.24, 2.45) is 0 Å². The summed E-state index contributed by atoms with van der Waals surface area (Å²) in [6.45, 7) is 2.65. The van der Waals surface area contributed by atoms with Gasteiger partial charge in [0, 0.05) is 19.8 Å². The van der Waals surface area contributed by atoms with Crippen molar-refractivity contribution in [2.75, 3.05) is 27.4 Å². The molecule has 0 saturated heterocycles. The van der Waals surface area contributed by atoms with Crippen LogP contribution in [0.2, 0.25) is 0 Å². The monoisotopic (exact) mass is 314 g/mol. The molecule has 0 bridgehead atoms. The highest BCUT2D eigenvalue weighted by molar-refractivity contribution is 5.76. The Morgan fingerprint density at radius 3 is 1.95 bits per heavy atom. The number of methoxy groups -OCH3 is 2. The lowest BCUT2D eigenvalue weighted by molar-refractivity contribution is -0.241. The van der Waals surface area contributed by atoms with Crippen LogP contribution in [0.4, 0.5) is 0 Å². The zero-order valence-corrected chi connectivity index (χ0v) is 13.2. The van der Waals surface area contributed by atoms with E-state index >= 15 is 0 Å². The van der Waals surface area contributed by atoms with Gasteiger partial charge in [0.25, 0.3) is 0 Å². The van der Waals surface area contributed by atoms with Crippen LogP contribution in [0.1, 0.15) is 24.2 Å². The normalized spacial score (nSPS) is 13.5. The number of carbonyl (C=O) groups is 1. The van der Waals surface area contributed by atoms with Gasteiger partial charge in [-0.25, -0.2) is 0 Å². The summed E-state index contributed by atoms with van der Waals surface area (Å²) in [6.07, 6.45) is 0.704. The van der Waals surface area contributed by atoms with E-state index in [-0.39, 0.29) is 5.75 Å². The lowest BCUT2D eigenvalue weighted by Crippen LogP contribution is -2.25. The van der Waals surface area contributed by atoms with Crippen molar-refractivity contribution in [1.29, 1.82) is 0 Å². The maximum atomic E-state index is 10.9. The Bertz CT molecular complexity index is 450. The fourth-order valence-electron chi connectivity index (χ4n) is 1.57. The molecule has 1 rings (SSSR count). The highest BCUT2D eigenvalue weighted by Crippen LogP contribution is 2.30. The van der Waals surface area contributed by atoms with Crippen LogP contribution in [-0.4, -0.2) is 46.7 Å². The molecule has 0 spiro atoms. The zero-order valence-electron chi connectivity index (χ0n) is 13.2. The third-order valence-electron chi connectivity index (χ3n) is 2.54. The van der Waals surface area contributed by atoms with Gasteiger partial charge >= 0.3 is 13.0 Å². The lowest BCUT2D eigenvalue weighted by atomic mass is 10.2. The maximum Gasteiger partial charge on any atom is 0.315 e. The molecule has 0 heterocycles. The molecule has 0 aliphatic heterocycles. The fraction of sp³-hybridized carbons (Fsp3) is 0.533. The minimum atomic E-state index is -0.914. The van der Waals surface area contributed by atoms with Crippen LogP contribution >= 0.6 is 0 Å². The molecule has 7 heteroatoms. The summed E-state index contributed by atoms with van der Waals surface area (Å²) < 4.78 is 31.7. The number of ether oxygens (including phenoxy) is 6. The Morgan fingerprint density at radius 1 is 0.955 bits per heavy atom. The first kappa shape index (κ1) is 18.4. The Morgan fingerprint density at radius 2 is 1.50 bits per heavy atom. The third-order valence-corrected chi connectivity index (χ3v) is 2.54. The van der Waals surface area contributed by atoms with Crippen LogP contribution < -0.4 is 9.47 Å². The minimum absolute atomic E-state index is 0.284. The molecule has 0 saturated carbocycles. The molecule has 2 atom stereocenters. The van der Waals surface area contributed by atoms with E-state index < -0.39 is 13.0 Å². The van der Waals surface area contributed by atoms with Crippen molar-refractivity contribution in [3.05, 3.63) is 23.8 Å². The molecule has 0 aliphatic rings. The van der Waals surface area contributed by atoms with Gasteiger partial charge in [0.15, 0.2) is 11.5 Å². The molecule has 0 fully saturated rings. The second kappa shape index (κ2) is 10.1. The topological polar surface area (TPSA) is 72.5 Å². The smallest absolute Gasteiger partial charge is 0.315 e. The van der Waals surface area contributed by atoms with Crippen molar-refractivity contribution in [1.82, 2.24) is 0 Å². The van der Waals surface area contributed by atoms with Gasteiger partial charge in [-0.05, 0) is 32.0 Å². The molecule has 124 valence electrons. The second-order valence-electron chi connectivity index (χ2n) is 4.02. The van der Waals surface area contributed by atoms with Crippen molar-refractivity contribution in [2.45, 2.75) is 26.8 Å². The summed E-state index contributed by atoms with van der Waals surface area (Å²) in [7, 11) is 2.90. The molecule has 1 aromatic rings. The average molecular weight is 314 g/mol. The number of aldehydes is 1. The maximum absolute atomic E-state index is 10.9. The van der Waals surface area contributed by atoms with Gasteiger partial charge in [-0.3, -0.25) is 4.79 Å². The molecule has 0 radical (unpaired) electrons. The largest absolute Gasteiger partial charge is 0.437 e. The van der Waals surface area contributed by atoms with Crippen molar-refractivity contribution < 1.29 is 33.2 Å². The van der Waals surface area contributed by atoms with Gasteiger partial charge in [0.2, 0.25) is 0 Å². The molecule has 0 N–H and O–H groups in total. The number of hydrogen-bond acceptors (Lipinski definition) is 7. The van der Waals surface area contributed by atoms with Crippen LogP contribution in [0.15, 0.2) is 18.2 Å². The van der Waals surface area contributed by atoms with Crippen LogP contribution in [-0.2, 0) is 18.9 Å². The lowest BCUT2D eigenvalue weighted by Gasteiger charge is -2.21. The summed E-state index contributed by atoms with van der Waals surface area (Å²) in [5.74, 6) is 0.624. The highest BCUT2D eigenvalue weighted by Gasteiger charge is 2.17. The molecule has 0 aliphatic carbocycles. The number of benzene rings is 1. The Balaban J connectivity index is 2.96. The Labute approximate surface area is 130 Å². The molecular formula is C15H22O7. The quantitative estimate of drug-likeness (QED) is 0.458. The van der Waals surface area contributed by atoms with Crippen LogP contribution in [0, 0.1) is 0 Å². The number of carbonyl (C=O) groups excluding carboxylic acids is 1. The molecule has 2 unspecified atom stereocenters. The van der Waals surface area contributed by atoms with Gasteiger partial charge in [0.1, 0.15) is 6.29 Å². The number of hydrogen-bond donors (Lipinski definition) is 0. The summed E-state index contributed by atoms with van der Waals surface area (Å²) in [5, 5.41) is 0. The van der Waals surface area contributed by atoms with E-state index in [2.05, 4.69) is 0 Å². The van der Waals surface area contributed by atoms with Crippen molar-refractivity contribution in [3.63, 3.8) is 0 Å². The van der Waals surface area contributed by atoms with Gasteiger partial charge < -0.3 is 28.4 Å². The van der Waals surface area contributed by atoms with Gasteiger partial charge in [0.05, 0.1) is 13.2 Å². The summed E-state index contributed by atoms with van der Waals surface area (Å²) in [4.78, 5) is 10.9. The predicted molar refractivity (Wildman–Crippen MR) is 77.9 cm³/mol. The van der Waals surface area contributed by atoms with E-state index in [9.17, 15) is 4.79 Å². The molecular weight excluding hydrogens is 292 g/mol. The molecule has 7 nitrogen and oxygen atoms in total. The molecule has 22 heavy (non-hydrogen) atoms. The number of rotatable bonds is 11. The molecule has 0 aromatic heterocycles.